The summed E-state index contributed by atoms with van der Waals surface area (Å²) in [5.74, 6) is -0.534. The summed E-state index contributed by atoms with van der Waals surface area (Å²) >= 11 is 0. The first-order valence-corrected chi connectivity index (χ1v) is 5.72. The number of aliphatic hydroxyl groups excluding tert-OH is 1. The molecule has 18 heavy (non-hydrogen) atoms. The largest absolute Gasteiger partial charge is 0.426 e. The third kappa shape index (κ3) is 4.18. The maximum atomic E-state index is 11.8. The molecule has 0 radical (unpaired) electrons. The van der Waals surface area contributed by atoms with E-state index in [0.29, 0.717) is 18.5 Å². The van der Waals surface area contributed by atoms with E-state index in [1.165, 1.54) is 6.92 Å². The molecule has 0 fully saturated rings. The first-order chi connectivity index (χ1) is 8.54. The molecule has 1 rings (SSSR count). The molecule has 0 aliphatic rings. The number of nitrogens with one attached hydrogen (secondary N) is 1. The van der Waals surface area contributed by atoms with Gasteiger partial charge in [0.15, 0.2) is 0 Å². The van der Waals surface area contributed by atoms with Crippen LogP contribution in [0.2, 0.25) is 0 Å². The number of hydrogen-bond donors (Lipinski definition) is 2. The van der Waals surface area contributed by atoms with Gasteiger partial charge in [0.1, 0.15) is 5.75 Å². The van der Waals surface area contributed by atoms with Crippen molar-refractivity contribution >= 4 is 11.9 Å². The molecule has 5 heteroatoms. The number of rotatable bonds is 5. The molecule has 0 unspecified atom stereocenters. The summed E-state index contributed by atoms with van der Waals surface area (Å²) in [5.41, 5.74) is 1.21. The number of amides is 1. The maximum Gasteiger partial charge on any atom is 0.308 e. The van der Waals surface area contributed by atoms with Crippen LogP contribution < -0.4 is 10.1 Å². The van der Waals surface area contributed by atoms with Gasteiger partial charge in [0.05, 0.1) is 5.56 Å². The summed E-state index contributed by atoms with van der Waals surface area (Å²) in [5, 5.41) is 11.3. The highest BCUT2D eigenvalue weighted by Gasteiger charge is 2.13. The highest BCUT2D eigenvalue weighted by Crippen LogP contribution is 2.20. The number of ether oxygens (including phenoxy) is 1. The lowest BCUT2D eigenvalue weighted by Crippen LogP contribution is -2.25. The molecule has 0 atom stereocenters. The number of benzene rings is 1. The van der Waals surface area contributed by atoms with Crippen molar-refractivity contribution in [2.75, 3.05) is 13.2 Å². The van der Waals surface area contributed by atoms with E-state index in [4.69, 9.17) is 9.84 Å². The molecule has 5 nitrogen and oxygen atoms in total. The van der Waals surface area contributed by atoms with E-state index in [1.54, 1.807) is 18.2 Å². The zero-order valence-corrected chi connectivity index (χ0v) is 10.5. The van der Waals surface area contributed by atoms with E-state index in [0.717, 1.165) is 5.56 Å². The summed E-state index contributed by atoms with van der Waals surface area (Å²) in [7, 11) is 0. The van der Waals surface area contributed by atoms with Crippen LogP contribution in [0.4, 0.5) is 0 Å². The van der Waals surface area contributed by atoms with Crippen LogP contribution >= 0.6 is 0 Å². The fraction of sp³-hybridized carbons (Fsp3) is 0.385. The van der Waals surface area contributed by atoms with Crippen LogP contribution in [0.3, 0.4) is 0 Å². The van der Waals surface area contributed by atoms with Gasteiger partial charge in [0.2, 0.25) is 0 Å². The number of carbonyl (C=O) groups excluding carboxylic acids is 2. The monoisotopic (exact) mass is 251 g/mol. The van der Waals surface area contributed by atoms with E-state index in [2.05, 4.69) is 5.32 Å². The standard InChI is InChI=1S/C13H17NO4/c1-9-4-5-11(12(8-9)18-10(2)16)13(17)14-6-3-7-15/h4-5,8,15H,3,6-7H2,1-2H3,(H,14,17). The van der Waals surface area contributed by atoms with Crippen LogP contribution in [0, 0.1) is 6.92 Å². The molecule has 0 bridgehead atoms. The predicted molar refractivity (Wildman–Crippen MR) is 66.5 cm³/mol. The van der Waals surface area contributed by atoms with Crippen molar-refractivity contribution in [2.45, 2.75) is 20.3 Å². The molecular weight excluding hydrogens is 234 g/mol. The summed E-state index contributed by atoms with van der Waals surface area (Å²) in [6, 6.07) is 5.03. The molecule has 1 amide bonds. The molecule has 1 aromatic rings. The van der Waals surface area contributed by atoms with Gasteiger partial charge in [-0.1, -0.05) is 6.07 Å². The summed E-state index contributed by atoms with van der Waals surface area (Å²) in [4.78, 5) is 22.8. The Balaban J connectivity index is 2.85. The van der Waals surface area contributed by atoms with Crippen molar-refractivity contribution in [3.8, 4) is 5.75 Å². The Morgan fingerprint density at radius 3 is 2.72 bits per heavy atom. The van der Waals surface area contributed by atoms with E-state index in [9.17, 15) is 9.59 Å². The van der Waals surface area contributed by atoms with Crippen molar-refractivity contribution in [3.63, 3.8) is 0 Å². The zero-order valence-electron chi connectivity index (χ0n) is 10.5. The van der Waals surface area contributed by atoms with Crippen molar-refractivity contribution in [1.29, 1.82) is 0 Å². The summed E-state index contributed by atoms with van der Waals surface area (Å²) < 4.78 is 5.00. The molecule has 0 aromatic heterocycles. The topological polar surface area (TPSA) is 75.6 Å². The Hall–Kier alpha value is -1.88. The normalized spacial score (nSPS) is 9.94. The van der Waals surface area contributed by atoms with Gasteiger partial charge >= 0.3 is 5.97 Å². The molecule has 0 aliphatic carbocycles. The molecule has 0 heterocycles. The molecule has 0 saturated heterocycles. The van der Waals surface area contributed by atoms with Crippen molar-refractivity contribution < 1.29 is 19.4 Å². The average Bonchev–Trinajstić information content (AvgIpc) is 2.28. The second kappa shape index (κ2) is 6.76. The lowest BCUT2D eigenvalue weighted by molar-refractivity contribution is -0.131. The van der Waals surface area contributed by atoms with Crippen LogP contribution in [0.25, 0.3) is 0 Å². The lowest BCUT2D eigenvalue weighted by atomic mass is 10.1. The van der Waals surface area contributed by atoms with Crippen molar-refractivity contribution in [1.82, 2.24) is 5.32 Å². The predicted octanol–water partition coefficient (Wildman–Crippen LogP) is 1.03. The Bertz CT molecular complexity index is 443. The minimum Gasteiger partial charge on any atom is -0.426 e. The number of esters is 1. The Morgan fingerprint density at radius 2 is 2.11 bits per heavy atom. The quantitative estimate of drug-likeness (QED) is 0.465. The lowest BCUT2D eigenvalue weighted by Gasteiger charge is -2.10. The molecule has 0 spiro atoms. The zero-order chi connectivity index (χ0) is 13.5. The van der Waals surface area contributed by atoms with E-state index in [-0.39, 0.29) is 18.3 Å². The van der Waals surface area contributed by atoms with Gasteiger partial charge in [-0.15, -0.1) is 0 Å². The maximum absolute atomic E-state index is 11.8. The molecule has 0 aliphatic heterocycles. The number of aliphatic hydroxyl groups is 1. The number of carbonyl (C=O) groups is 2. The highest BCUT2D eigenvalue weighted by atomic mass is 16.5. The molecule has 0 saturated carbocycles. The number of aryl methyl sites for hydroxylation is 1. The summed E-state index contributed by atoms with van der Waals surface area (Å²) in [6.07, 6.45) is 0.487. The minimum absolute atomic E-state index is 0.0188. The average molecular weight is 251 g/mol. The number of hydrogen-bond acceptors (Lipinski definition) is 4. The van der Waals surface area contributed by atoms with Gasteiger partial charge in [-0.2, -0.15) is 0 Å². The van der Waals surface area contributed by atoms with Gasteiger partial charge in [-0.25, -0.2) is 0 Å². The van der Waals surface area contributed by atoms with Crippen molar-refractivity contribution in [2.24, 2.45) is 0 Å². The van der Waals surface area contributed by atoms with Crippen LogP contribution in [-0.4, -0.2) is 30.1 Å². The smallest absolute Gasteiger partial charge is 0.308 e. The Kier molecular flexibility index (Phi) is 5.32. The minimum atomic E-state index is -0.468. The van der Waals surface area contributed by atoms with E-state index in [1.807, 2.05) is 6.92 Å². The highest BCUT2D eigenvalue weighted by molar-refractivity contribution is 5.97. The fourth-order valence-corrected chi connectivity index (χ4v) is 1.43. The van der Waals surface area contributed by atoms with E-state index < -0.39 is 5.97 Å². The van der Waals surface area contributed by atoms with Crippen LogP contribution in [0.1, 0.15) is 29.3 Å². The molecular formula is C13H17NO4. The molecule has 98 valence electrons. The molecule has 1 aromatic carbocycles. The Morgan fingerprint density at radius 1 is 1.39 bits per heavy atom. The van der Waals surface area contributed by atoms with Crippen LogP contribution in [0.5, 0.6) is 5.75 Å². The second-order valence-corrected chi connectivity index (χ2v) is 3.93. The third-order valence-corrected chi connectivity index (χ3v) is 2.26. The fourth-order valence-electron chi connectivity index (χ4n) is 1.43. The third-order valence-electron chi connectivity index (χ3n) is 2.26. The second-order valence-electron chi connectivity index (χ2n) is 3.93. The van der Waals surface area contributed by atoms with Gasteiger partial charge in [0, 0.05) is 20.1 Å². The van der Waals surface area contributed by atoms with Crippen molar-refractivity contribution in [3.05, 3.63) is 29.3 Å². The van der Waals surface area contributed by atoms with Gasteiger partial charge < -0.3 is 15.2 Å². The van der Waals surface area contributed by atoms with Crippen LogP contribution in [-0.2, 0) is 4.79 Å². The first kappa shape index (κ1) is 14.2. The first-order valence-electron chi connectivity index (χ1n) is 5.72. The van der Waals surface area contributed by atoms with Gasteiger partial charge in [0.25, 0.3) is 5.91 Å². The van der Waals surface area contributed by atoms with Gasteiger partial charge in [-0.3, -0.25) is 9.59 Å². The Labute approximate surface area is 106 Å². The van der Waals surface area contributed by atoms with E-state index >= 15 is 0 Å². The van der Waals surface area contributed by atoms with Gasteiger partial charge in [-0.05, 0) is 31.0 Å². The summed E-state index contributed by atoms with van der Waals surface area (Å²) in [6.45, 7) is 3.53. The SMILES string of the molecule is CC(=O)Oc1cc(C)ccc1C(=O)NCCCO. The molecule has 2 N–H and O–H groups in total. The van der Waals surface area contributed by atoms with Crippen LogP contribution in [0.15, 0.2) is 18.2 Å².